The fourth-order valence-corrected chi connectivity index (χ4v) is 2.67. The molecule has 1 amide bonds. The van der Waals surface area contributed by atoms with Crippen LogP contribution in [0.15, 0.2) is 23.3 Å². The van der Waals surface area contributed by atoms with Gasteiger partial charge in [-0.15, -0.1) is 0 Å². The molecular formula is C18H23ClN4O3. The molecule has 0 saturated heterocycles. The first-order chi connectivity index (χ1) is 12.4. The number of nitrogens with one attached hydrogen (secondary N) is 1. The lowest BCUT2D eigenvalue weighted by Gasteiger charge is -2.08. The third-order valence-corrected chi connectivity index (χ3v) is 4.05. The van der Waals surface area contributed by atoms with Gasteiger partial charge < -0.3 is 9.47 Å². The van der Waals surface area contributed by atoms with Crippen molar-refractivity contribution in [3.05, 3.63) is 40.2 Å². The molecule has 0 saturated carbocycles. The number of ether oxygens (including phenoxy) is 2. The van der Waals surface area contributed by atoms with Gasteiger partial charge in [0.05, 0.1) is 31.7 Å². The standard InChI is InChI=1S/C18H23ClN4O3/c1-11(2)10-23-17(19)14(12(3)22-23)9-20-21-18(24)13-6-7-15(25-4)16(8-13)26-5/h6-9,11H,10H2,1-5H3,(H,21,24)/b20-9-. The summed E-state index contributed by atoms with van der Waals surface area (Å²) in [6, 6.07) is 4.88. The molecule has 7 nitrogen and oxygen atoms in total. The number of rotatable bonds is 7. The number of carbonyl (C=O) groups is 1. The number of aryl methyl sites for hydroxylation is 1. The average Bonchev–Trinajstić information content (AvgIpc) is 2.87. The van der Waals surface area contributed by atoms with Crippen molar-refractivity contribution >= 4 is 23.7 Å². The van der Waals surface area contributed by atoms with E-state index in [9.17, 15) is 4.79 Å². The van der Waals surface area contributed by atoms with Gasteiger partial charge >= 0.3 is 0 Å². The van der Waals surface area contributed by atoms with E-state index in [1.807, 2.05) is 6.92 Å². The predicted octanol–water partition coefficient (Wildman–Crippen LogP) is 3.28. The predicted molar refractivity (Wildman–Crippen MR) is 101 cm³/mol. The first-order valence-corrected chi connectivity index (χ1v) is 8.53. The Labute approximate surface area is 157 Å². The van der Waals surface area contributed by atoms with E-state index in [0.29, 0.717) is 40.2 Å². The van der Waals surface area contributed by atoms with Gasteiger partial charge in [0.1, 0.15) is 5.15 Å². The van der Waals surface area contributed by atoms with E-state index < -0.39 is 0 Å². The highest BCUT2D eigenvalue weighted by Gasteiger charge is 2.13. The van der Waals surface area contributed by atoms with Crippen molar-refractivity contribution in [3.8, 4) is 11.5 Å². The Morgan fingerprint density at radius 3 is 2.65 bits per heavy atom. The number of methoxy groups -OCH3 is 2. The van der Waals surface area contributed by atoms with Crippen LogP contribution in [0.4, 0.5) is 0 Å². The highest BCUT2D eigenvalue weighted by atomic mass is 35.5. The van der Waals surface area contributed by atoms with Crippen LogP contribution in [0.3, 0.4) is 0 Å². The summed E-state index contributed by atoms with van der Waals surface area (Å²) in [5.41, 5.74) is 4.31. The van der Waals surface area contributed by atoms with Crippen molar-refractivity contribution in [1.82, 2.24) is 15.2 Å². The number of halogens is 1. The monoisotopic (exact) mass is 378 g/mol. The second-order valence-corrected chi connectivity index (χ2v) is 6.49. The van der Waals surface area contributed by atoms with Crippen molar-refractivity contribution in [3.63, 3.8) is 0 Å². The lowest BCUT2D eigenvalue weighted by atomic mass is 10.2. The Kier molecular flexibility index (Phi) is 6.63. The van der Waals surface area contributed by atoms with Gasteiger partial charge in [0.15, 0.2) is 11.5 Å². The van der Waals surface area contributed by atoms with Gasteiger partial charge in [-0.25, -0.2) is 5.43 Å². The fourth-order valence-electron chi connectivity index (χ4n) is 2.38. The highest BCUT2D eigenvalue weighted by molar-refractivity contribution is 6.32. The molecule has 0 aliphatic heterocycles. The molecule has 1 heterocycles. The second kappa shape index (κ2) is 8.71. The first-order valence-electron chi connectivity index (χ1n) is 8.15. The molecule has 1 N–H and O–H groups in total. The molecule has 0 aliphatic rings. The van der Waals surface area contributed by atoms with Crippen molar-refractivity contribution in [2.45, 2.75) is 27.3 Å². The smallest absolute Gasteiger partial charge is 0.271 e. The van der Waals surface area contributed by atoms with Crippen molar-refractivity contribution in [2.24, 2.45) is 11.0 Å². The van der Waals surface area contributed by atoms with Crippen LogP contribution in [-0.2, 0) is 6.54 Å². The maximum atomic E-state index is 12.2. The minimum Gasteiger partial charge on any atom is -0.493 e. The summed E-state index contributed by atoms with van der Waals surface area (Å²) in [6.45, 7) is 6.74. The second-order valence-electron chi connectivity index (χ2n) is 6.13. The van der Waals surface area contributed by atoms with Crippen LogP contribution in [-0.4, -0.2) is 36.1 Å². The maximum Gasteiger partial charge on any atom is 0.271 e. The zero-order valence-electron chi connectivity index (χ0n) is 15.5. The SMILES string of the molecule is COc1ccc(C(=O)N/N=C\c2c(C)nn(CC(C)C)c2Cl)cc1OC. The first kappa shape index (κ1) is 19.8. The summed E-state index contributed by atoms with van der Waals surface area (Å²) < 4.78 is 12.1. The number of amides is 1. The van der Waals surface area contributed by atoms with Gasteiger partial charge in [0.2, 0.25) is 0 Å². The third-order valence-electron chi connectivity index (χ3n) is 3.65. The fraction of sp³-hybridized carbons (Fsp3) is 0.389. The van der Waals surface area contributed by atoms with Gasteiger partial charge in [0, 0.05) is 12.1 Å². The molecule has 2 aromatic rings. The van der Waals surface area contributed by atoms with Crippen LogP contribution >= 0.6 is 11.6 Å². The Morgan fingerprint density at radius 1 is 1.35 bits per heavy atom. The van der Waals surface area contributed by atoms with Gasteiger partial charge in [-0.1, -0.05) is 25.4 Å². The summed E-state index contributed by atoms with van der Waals surface area (Å²) in [5, 5.41) is 8.89. The van der Waals surface area contributed by atoms with E-state index in [-0.39, 0.29) is 5.91 Å². The average molecular weight is 379 g/mol. The number of hydrogen-bond donors (Lipinski definition) is 1. The van der Waals surface area contributed by atoms with E-state index in [4.69, 9.17) is 21.1 Å². The van der Waals surface area contributed by atoms with Gasteiger partial charge in [-0.05, 0) is 31.0 Å². The van der Waals surface area contributed by atoms with Crippen LogP contribution in [0.25, 0.3) is 0 Å². The molecule has 140 valence electrons. The Balaban J connectivity index is 2.11. The van der Waals surface area contributed by atoms with Gasteiger partial charge in [-0.3, -0.25) is 9.48 Å². The largest absolute Gasteiger partial charge is 0.493 e. The molecule has 2 rings (SSSR count). The van der Waals surface area contributed by atoms with E-state index >= 15 is 0 Å². The molecular weight excluding hydrogens is 356 g/mol. The normalized spacial score (nSPS) is 11.2. The molecule has 1 aromatic carbocycles. The number of carbonyl (C=O) groups excluding carboxylic acids is 1. The van der Waals surface area contributed by atoms with Crippen molar-refractivity contribution in [2.75, 3.05) is 14.2 Å². The third kappa shape index (κ3) is 4.54. The molecule has 0 fully saturated rings. The summed E-state index contributed by atoms with van der Waals surface area (Å²) in [5.74, 6) is 1.07. The number of aromatic nitrogens is 2. The maximum absolute atomic E-state index is 12.2. The van der Waals surface area contributed by atoms with Crippen LogP contribution < -0.4 is 14.9 Å². The van der Waals surface area contributed by atoms with Crippen LogP contribution in [0.5, 0.6) is 11.5 Å². The van der Waals surface area contributed by atoms with Crippen molar-refractivity contribution < 1.29 is 14.3 Å². The summed E-state index contributed by atoms with van der Waals surface area (Å²) >= 11 is 6.35. The quantitative estimate of drug-likeness (QED) is 0.592. The van der Waals surface area contributed by atoms with Crippen molar-refractivity contribution in [1.29, 1.82) is 0 Å². The van der Waals surface area contributed by atoms with E-state index in [0.717, 1.165) is 5.69 Å². The minimum absolute atomic E-state index is 0.370. The van der Waals surface area contributed by atoms with E-state index in [1.165, 1.54) is 20.4 Å². The molecule has 1 aromatic heterocycles. The van der Waals surface area contributed by atoms with Crippen LogP contribution in [0.2, 0.25) is 5.15 Å². The summed E-state index contributed by atoms with van der Waals surface area (Å²) in [4.78, 5) is 12.2. The highest BCUT2D eigenvalue weighted by Crippen LogP contribution is 2.27. The lowest BCUT2D eigenvalue weighted by Crippen LogP contribution is -2.17. The molecule has 0 bridgehead atoms. The molecule has 0 unspecified atom stereocenters. The van der Waals surface area contributed by atoms with Crippen LogP contribution in [0, 0.1) is 12.8 Å². The zero-order chi connectivity index (χ0) is 19.3. The lowest BCUT2D eigenvalue weighted by molar-refractivity contribution is 0.0954. The van der Waals surface area contributed by atoms with Gasteiger partial charge in [0.25, 0.3) is 5.91 Å². The number of hydrazone groups is 1. The molecule has 26 heavy (non-hydrogen) atoms. The number of benzene rings is 1. The summed E-state index contributed by atoms with van der Waals surface area (Å²) in [6.07, 6.45) is 1.50. The Hall–Kier alpha value is -2.54. The minimum atomic E-state index is -0.370. The molecule has 0 aliphatic carbocycles. The van der Waals surface area contributed by atoms with E-state index in [2.05, 4.69) is 29.5 Å². The Morgan fingerprint density at radius 2 is 2.04 bits per heavy atom. The molecule has 8 heteroatoms. The van der Waals surface area contributed by atoms with Crippen LogP contribution in [0.1, 0.15) is 35.5 Å². The molecule has 0 radical (unpaired) electrons. The Bertz CT molecular complexity index is 815. The van der Waals surface area contributed by atoms with Gasteiger partial charge in [-0.2, -0.15) is 10.2 Å². The van der Waals surface area contributed by atoms with E-state index in [1.54, 1.807) is 22.9 Å². The molecule has 0 spiro atoms. The zero-order valence-corrected chi connectivity index (χ0v) is 16.3. The summed E-state index contributed by atoms with van der Waals surface area (Å²) in [7, 11) is 3.05. The number of nitrogens with zero attached hydrogens (tertiary/aromatic N) is 3. The number of hydrogen-bond acceptors (Lipinski definition) is 5. The molecule has 0 atom stereocenters. The topological polar surface area (TPSA) is 77.7 Å².